The molecule has 0 aromatic rings. The van der Waals surface area contributed by atoms with Crippen molar-refractivity contribution >= 4 is 41.8 Å². The molecule has 1 saturated heterocycles. The molecule has 17 nitrogen and oxygen atoms in total. The number of aliphatic hydroxyl groups is 2. The van der Waals surface area contributed by atoms with Gasteiger partial charge in [0.05, 0.1) is 34.5 Å². The fourth-order valence-electron chi connectivity index (χ4n) is 4.79. The highest BCUT2D eigenvalue weighted by Crippen LogP contribution is 2.47. The van der Waals surface area contributed by atoms with Crippen LogP contribution in [0.25, 0.3) is 0 Å². The minimum absolute atomic E-state index is 0.188. The summed E-state index contributed by atoms with van der Waals surface area (Å²) in [6.45, 7) is 9.67. The number of esters is 3. The van der Waals surface area contributed by atoms with E-state index < -0.39 is 102 Å². The predicted octanol–water partition coefficient (Wildman–Crippen LogP) is 0.435. The molecule has 1 heterocycles. The molecular formula is C30H47NO16. The van der Waals surface area contributed by atoms with Crippen LogP contribution in [0.5, 0.6) is 0 Å². The Kier molecular flexibility index (Phi) is 15.2. The first-order valence-electron chi connectivity index (χ1n) is 15.2. The van der Waals surface area contributed by atoms with E-state index in [1.165, 1.54) is 4.90 Å². The van der Waals surface area contributed by atoms with Gasteiger partial charge in [0.2, 0.25) is 0 Å². The van der Waals surface area contributed by atoms with E-state index in [9.17, 15) is 43.8 Å². The summed E-state index contributed by atoms with van der Waals surface area (Å²) in [5.74, 6) is -15.0. The fraction of sp³-hybridized carbons (Fsp3) is 0.767. The summed E-state index contributed by atoms with van der Waals surface area (Å²) in [4.78, 5) is 81.8. The molecule has 2 aliphatic rings. The van der Waals surface area contributed by atoms with E-state index in [4.69, 9.17) is 34.6 Å². The van der Waals surface area contributed by atoms with E-state index in [1.807, 2.05) is 6.92 Å². The molecule has 47 heavy (non-hydrogen) atoms. The van der Waals surface area contributed by atoms with Gasteiger partial charge in [0, 0.05) is 6.54 Å². The van der Waals surface area contributed by atoms with Gasteiger partial charge in [0.25, 0.3) is 0 Å². The highest BCUT2D eigenvalue weighted by atomic mass is 16.6. The van der Waals surface area contributed by atoms with Crippen LogP contribution in [-0.4, -0.2) is 122 Å². The van der Waals surface area contributed by atoms with Gasteiger partial charge in [-0.3, -0.25) is 38.5 Å². The average molecular weight is 678 g/mol. The second-order valence-corrected chi connectivity index (χ2v) is 12.8. The Morgan fingerprint density at radius 1 is 0.660 bits per heavy atom. The predicted molar refractivity (Wildman–Crippen MR) is 157 cm³/mol. The minimum atomic E-state index is -1.77. The number of carbonyl (C=O) groups is 7. The van der Waals surface area contributed by atoms with E-state index in [0.717, 1.165) is 6.42 Å². The third kappa shape index (κ3) is 10.9. The van der Waals surface area contributed by atoms with Crippen LogP contribution in [0.2, 0.25) is 0 Å². The van der Waals surface area contributed by atoms with Crippen LogP contribution in [0.4, 0.5) is 0 Å². The summed E-state index contributed by atoms with van der Waals surface area (Å²) >= 11 is 0. The number of rotatable bonds is 16. The van der Waals surface area contributed by atoms with Crippen LogP contribution in [0.15, 0.2) is 0 Å². The zero-order valence-electron chi connectivity index (χ0n) is 27.4. The Balaban J connectivity index is 0.000000506. The van der Waals surface area contributed by atoms with Crippen molar-refractivity contribution in [3.8, 4) is 0 Å². The van der Waals surface area contributed by atoms with Gasteiger partial charge in [0.1, 0.15) is 38.2 Å². The zero-order chi connectivity index (χ0) is 36.4. The van der Waals surface area contributed by atoms with E-state index in [1.54, 1.807) is 34.6 Å². The summed E-state index contributed by atoms with van der Waals surface area (Å²) < 4.78 is 14.7. The number of hydrogen-bond acceptors (Lipinski definition) is 13. The molecule has 0 radical (unpaired) electrons. The molecule has 0 aromatic carbocycles. The largest absolute Gasteiger partial charge is 0.481 e. The third-order valence-corrected chi connectivity index (χ3v) is 8.70. The molecule has 0 spiro atoms. The maximum atomic E-state index is 12.1. The number of nitrogens with zero attached hydrogens (tertiary/aromatic N) is 1. The van der Waals surface area contributed by atoms with Crippen molar-refractivity contribution in [2.45, 2.75) is 85.6 Å². The topological polar surface area (TPSA) is 272 Å². The maximum absolute atomic E-state index is 12.1. The Bertz CT molecular complexity index is 1140. The SMILES string of the molecule is CCC(C)(C)C(=O)OCC(O)COC(=O)C1C(C(=O)O)C(C(=O)O)C1C(=O)O.CCC(C)(C)C(=O)OCC(O)N1CCCC1C(=O)O. The number of aliphatic carboxylic acids is 4. The zero-order valence-corrected chi connectivity index (χ0v) is 27.4. The molecule has 5 unspecified atom stereocenters. The second-order valence-electron chi connectivity index (χ2n) is 12.8. The van der Waals surface area contributed by atoms with Crippen LogP contribution < -0.4 is 0 Å². The number of ether oxygens (including phenoxy) is 3. The molecule has 0 amide bonds. The molecule has 0 bridgehead atoms. The first-order valence-corrected chi connectivity index (χ1v) is 15.2. The average Bonchev–Trinajstić information content (AvgIpc) is 3.47. The molecule has 5 atom stereocenters. The lowest BCUT2D eigenvalue weighted by atomic mass is 9.56. The molecule has 1 saturated carbocycles. The summed E-state index contributed by atoms with van der Waals surface area (Å²) in [7, 11) is 0. The molecule has 268 valence electrons. The Morgan fingerprint density at radius 3 is 1.47 bits per heavy atom. The highest BCUT2D eigenvalue weighted by Gasteiger charge is 2.64. The quantitative estimate of drug-likeness (QED) is 0.0954. The molecular weight excluding hydrogens is 630 g/mol. The number of likely N-dealkylation sites (tertiary alicyclic amines) is 1. The van der Waals surface area contributed by atoms with Gasteiger partial charge in [-0.1, -0.05) is 13.8 Å². The van der Waals surface area contributed by atoms with Crippen LogP contribution in [0.1, 0.15) is 67.2 Å². The second kappa shape index (κ2) is 17.4. The summed E-state index contributed by atoms with van der Waals surface area (Å²) in [5, 5.41) is 56.0. The van der Waals surface area contributed by atoms with E-state index in [2.05, 4.69) is 0 Å². The first kappa shape index (κ1) is 41.2. The fourth-order valence-corrected chi connectivity index (χ4v) is 4.79. The molecule has 0 aromatic heterocycles. The van der Waals surface area contributed by atoms with Crippen molar-refractivity contribution in [2.24, 2.45) is 34.5 Å². The molecule has 1 aliphatic heterocycles. The highest BCUT2D eigenvalue weighted by molar-refractivity contribution is 5.96. The van der Waals surface area contributed by atoms with Gasteiger partial charge in [-0.15, -0.1) is 0 Å². The first-order chi connectivity index (χ1) is 21.6. The monoisotopic (exact) mass is 677 g/mol. The van der Waals surface area contributed by atoms with Gasteiger partial charge in [0.15, 0.2) is 0 Å². The van der Waals surface area contributed by atoms with Crippen molar-refractivity contribution in [2.75, 3.05) is 26.4 Å². The summed E-state index contributed by atoms with van der Waals surface area (Å²) in [6, 6.07) is -0.687. The Hall–Kier alpha value is -3.83. The number of carboxylic acids is 4. The minimum Gasteiger partial charge on any atom is -0.481 e. The van der Waals surface area contributed by atoms with Crippen molar-refractivity contribution in [3.05, 3.63) is 0 Å². The van der Waals surface area contributed by atoms with Crippen LogP contribution >= 0.6 is 0 Å². The number of hydrogen-bond donors (Lipinski definition) is 6. The van der Waals surface area contributed by atoms with Gasteiger partial charge in [-0.05, 0) is 53.4 Å². The van der Waals surface area contributed by atoms with Crippen LogP contribution in [0, 0.1) is 34.5 Å². The standard InChI is InChI=1S/C17H24O11.C13H23NO5/c1-4-17(2,3)16(26)28-6-7(18)5-27-15(25)11-9(13(21)22)8(12(19)20)10(11)14(23)24;1-4-13(2,3)12(18)19-8-10(15)14-7-5-6-9(14)11(16)17/h7-11,18H,4-6H2,1-3H3,(H,19,20)(H,21,22)(H,23,24);9-10,15H,4-8H2,1-3H3,(H,16,17). The van der Waals surface area contributed by atoms with Crippen LogP contribution in [-0.2, 0) is 47.8 Å². The van der Waals surface area contributed by atoms with Gasteiger partial charge in [-0.2, -0.15) is 0 Å². The molecule has 2 fully saturated rings. The number of aliphatic hydroxyl groups excluding tert-OH is 2. The Morgan fingerprint density at radius 2 is 1.06 bits per heavy atom. The number of carboxylic acid groups (broad SMARTS) is 4. The Labute approximate surface area is 271 Å². The van der Waals surface area contributed by atoms with Gasteiger partial charge in [-0.25, -0.2) is 0 Å². The lowest BCUT2D eigenvalue weighted by molar-refractivity contribution is -0.195. The van der Waals surface area contributed by atoms with Gasteiger partial charge < -0.3 is 44.8 Å². The summed E-state index contributed by atoms with van der Waals surface area (Å²) in [5.41, 5.74) is -1.35. The van der Waals surface area contributed by atoms with Crippen molar-refractivity contribution in [1.82, 2.24) is 4.90 Å². The smallest absolute Gasteiger partial charge is 0.320 e. The molecule has 2 rings (SSSR count). The lowest BCUT2D eigenvalue weighted by Gasteiger charge is -2.43. The van der Waals surface area contributed by atoms with Crippen LogP contribution in [0.3, 0.4) is 0 Å². The normalized spacial score (nSPS) is 24.0. The van der Waals surface area contributed by atoms with Crippen molar-refractivity contribution < 1.29 is 78.4 Å². The van der Waals surface area contributed by atoms with E-state index >= 15 is 0 Å². The van der Waals surface area contributed by atoms with E-state index in [0.29, 0.717) is 25.8 Å². The van der Waals surface area contributed by atoms with Gasteiger partial charge >= 0.3 is 41.8 Å². The third-order valence-electron chi connectivity index (χ3n) is 8.70. The van der Waals surface area contributed by atoms with E-state index in [-0.39, 0.29) is 12.6 Å². The maximum Gasteiger partial charge on any atom is 0.320 e. The number of carbonyl (C=O) groups excluding carboxylic acids is 3. The summed E-state index contributed by atoms with van der Waals surface area (Å²) in [6.07, 6.45) is -0.0917. The molecule has 1 aliphatic carbocycles. The molecule has 17 heteroatoms. The molecule has 6 N–H and O–H groups in total. The van der Waals surface area contributed by atoms with Crippen molar-refractivity contribution in [1.29, 1.82) is 0 Å². The van der Waals surface area contributed by atoms with Crippen molar-refractivity contribution in [3.63, 3.8) is 0 Å². The lowest BCUT2D eigenvalue weighted by Crippen LogP contribution is -2.60.